The molecule has 1 N–H and O–H groups in total. The summed E-state index contributed by atoms with van der Waals surface area (Å²) in [5, 5.41) is 10.7. The summed E-state index contributed by atoms with van der Waals surface area (Å²) in [6.45, 7) is 2.03. The van der Waals surface area contributed by atoms with Crippen molar-refractivity contribution in [3.05, 3.63) is 40.5 Å². The molecule has 2 aromatic rings. The molecule has 7 heteroatoms. The Hall–Kier alpha value is -2.64. The van der Waals surface area contributed by atoms with Crippen LogP contribution in [0.2, 0.25) is 0 Å². The third-order valence-electron chi connectivity index (χ3n) is 6.43. The molecule has 2 aromatic carbocycles. The first-order valence-corrected chi connectivity index (χ1v) is 9.51. The first-order valence-electron chi connectivity index (χ1n) is 9.51. The van der Waals surface area contributed by atoms with Crippen molar-refractivity contribution in [3.8, 4) is 28.7 Å². The molecule has 0 aliphatic carbocycles. The lowest BCUT2D eigenvalue weighted by atomic mass is 9.73. The fourth-order valence-electron chi connectivity index (χ4n) is 5.12. The zero-order chi connectivity index (χ0) is 18.9. The van der Waals surface area contributed by atoms with Crippen LogP contribution in [0.25, 0.3) is 0 Å². The molecular weight excluding hydrogens is 362 g/mol. The van der Waals surface area contributed by atoms with Crippen molar-refractivity contribution in [3.63, 3.8) is 0 Å². The third kappa shape index (κ3) is 2.00. The maximum absolute atomic E-state index is 10.7. The molecular formula is C21H21NO6. The fraction of sp³-hybridized carbons (Fsp3) is 0.429. The Labute approximate surface area is 162 Å². The number of aliphatic hydroxyl groups is 1. The Morgan fingerprint density at radius 2 is 1.71 bits per heavy atom. The molecule has 1 atom stereocenters. The molecule has 0 fully saturated rings. The monoisotopic (exact) mass is 383 g/mol. The Kier molecular flexibility index (Phi) is 3.31. The highest BCUT2D eigenvalue weighted by Gasteiger charge is 2.49. The predicted octanol–water partition coefficient (Wildman–Crippen LogP) is 1.95. The summed E-state index contributed by atoms with van der Waals surface area (Å²) in [5.74, 6) is 3.60. The van der Waals surface area contributed by atoms with Gasteiger partial charge in [0.05, 0.1) is 19.3 Å². The highest BCUT2D eigenvalue weighted by atomic mass is 16.7. The van der Waals surface area contributed by atoms with Gasteiger partial charge in [0, 0.05) is 18.7 Å². The second-order valence-corrected chi connectivity index (χ2v) is 7.69. The summed E-state index contributed by atoms with van der Waals surface area (Å²) >= 11 is 0. The molecule has 0 bridgehead atoms. The van der Waals surface area contributed by atoms with Crippen molar-refractivity contribution in [1.82, 2.24) is 4.90 Å². The van der Waals surface area contributed by atoms with Gasteiger partial charge in [0.25, 0.3) is 0 Å². The molecule has 6 rings (SSSR count). The van der Waals surface area contributed by atoms with Gasteiger partial charge in [0.1, 0.15) is 0 Å². The van der Waals surface area contributed by atoms with Gasteiger partial charge in [0.2, 0.25) is 19.3 Å². The quantitative estimate of drug-likeness (QED) is 0.850. The summed E-state index contributed by atoms with van der Waals surface area (Å²) in [6.07, 6.45) is 1.53. The van der Waals surface area contributed by atoms with E-state index in [2.05, 4.69) is 17.0 Å². The van der Waals surface area contributed by atoms with Gasteiger partial charge in [0.15, 0.2) is 23.0 Å². The van der Waals surface area contributed by atoms with Crippen molar-refractivity contribution >= 4 is 0 Å². The Bertz CT molecular complexity index is 990. The van der Waals surface area contributed by atoms with Crippen LogP contribution in [0.5, 0.6) is 28.7 Å². The van der Waals surface area contributed by atoms with Crippen molar-refractivity contribution < 1.29 is 28.8 Å². The molecule has 4 heterocycles. The second-order valence-electron chi connectivity index (χ2n) is 7.69. The van der Waals surface area contributed by atoms with Gasteiger partial charge in [-0.25, -0.2) is 0 Å². The van der Waals surface area contributed by atoms with E-state index in [0.29, 0.717) is 17.9 Å². The van der Waals surface area contributed by atoms with Crippen molar-refractivity contribution in [1.29, 1.82) is 0 Å². The summed E-state index contributed by atoms with van der Waals surface area (Å²) < 4.78 is 28.3. The first kappa shape index (κ1) is 16.3. The van der Waals surface area contributed by atoms with Crippen LogP contribution in [-0.4, -0.2) is 43.9 Å². The van der Waals surface area contributed by atoms with Crippen LogP contribution in [0.4, 0.5) is 0 Å². The van der Waals surface area contributed by atoms with Gasteiger partial charge in [-0.3, -0.25) is 4.90 Å². The van der Waals surface area contributed by atoms with Crippen LogP contribution in [-0.2, 0) is 24.9 Å². The lowest BCUT2D eigenvalue weighted by molar-refractivity contribution is -0.000719. The van der Waals surface area contributed by atoms with Gasteiger partial charge in [-0.05, 0) is 47.7 Å². The lowest BCUT2D eigenvalue weighted by Crippen LogP contribution is -2.56. The van der Waals surface area contributed by atoms with E-state index in [0.717, 1.165) is 47.9 Å². The summed E-state index contributed by atoms with van der Waals surface area (Å²) in [7, 11) is 1.65. The largest absolute Gasteiger partial charge is 0.492 e. The molecule has 0 saturated heterocycles. The van der Waals surface area contributed by atoms with Crippen LogP contribution < -0.4 is 23.7 Å². The SMILES string of the molecule is COc1c2c(cc3c1[C@@]1(CO)Cc4cc5c(cc4CN1CC3)OCO5)OCO2. The van der Waals surface area contributed by atoms with E-state index in [1.54, 1.807) is 7.11 Å². The van der Waals surface area contributed by atoms with Crippen LogP contribution >= 0.6 is 0 Å². The topological polar surface area (TPSA) is 69.6 Å². The molecule has 0 amide bonds. The third-order valence-corrected chi connectivity index (χ3v) is 6.43. The lowest BCUT2D eigenvalue weighted by Gasteiger charge is -2.51. The van der Waals surface area contributed by atoms with Gasteiger partial charge < -0.3 is 28.8 Å². The van der Waals surface area contributed by atoms with Crippen LogP contribution in [0, 0.1) is 0 Å². The number of rotatable bonds is 2. The van der Waals surface area contributed by atoms with Crippen molar-refractivity contribution in [2.45, 2.75) is 24.9 Å². The van der Waals surface area contributed by atoms with E-state index in [1.807, 2.05) is 6.07 Å². The number of benzene rings is 2. The molecule has 0 unspecified atom stereocenters. The summed E-state index contributed by atoms with van der Waals surface area (Å²) in [4.78, 5) is 2.35. The van der Waals surface area contributed by atoms with E-state index in [-0.39, 0.29) is 20.2 Å². The number of fused-ring (bicyclic) bond motifs is 6. The molecule has 146 valence electrons. The van der Waals surface area contributed by atoms with Crippen LogP contribution in [0.3, 0.4) is 0 Å². The second kappa shape index (κ2) is 5.68. The number of hydrogen-bond acceptors (Lipinski definition) is 7. The van der Waals surface area contributed by atoms with E-state index < -0.39 is 5.54 Å². The fourth-order valence-corrected chi connectivity index (χ4v) is 5.12. The average Bonchev–Trinajstić information content (AvgIpc) is 3.37. The predicted molar refractivity (Wildman–Crippen MR) is 98.3 cm³/mol. The molecule has 0 spiro atoms. The number of hydrogen-bond donors (Lipinski definition) is 1. The zero-order valence-corrected chi connectivity index (χ0v) is 15.6. The highest BCUT2D eigenvalue weighted by Crippen LogP contribution is 2.54. The molecule has 4 aliphatic heterocycles. The maximum atomic E-state index is 10.7. The van der Waals surface area contributed by atoms with Gasteiger partial charge >= 0.3 is 0 Å². The molecule has 0 radical (unpaired) electrons. The number of nitrogens with zero attached hydrogens (tertiary/aromatic N) is 1. The first-order chi connectivity index (χ1) is 13.7. The van der Waals surface area contributed by atoms with Crippen LogP contribution in [0.15, 0.2) is 18.2 Å². The Balaban J connectivity index is 1.55. The van der Waals surface area contributed by atoms with E-state index in [4.69, 9.17) is 23.7 Å². The average molecular weight is 383 g/mol. The minimum Gasteiger partial charge on any atom is -0.492 e. The molecule has 28 heavy (non-hydrogen) atoms. The maximum Gasteiger partial charge on any atom is 0.231 e. The summed E-state index contributed by atoms with van der Waals surface area (Å²) in [6, 6.07) is 6.18. The van der Waals surface area contributed by atoms with Crippen molar-refractivity contribution in [2.24, 2.45) is 0 Å². The Morgan fingerprint density at radius 3 is 2.50 bits per heavy atom. The van der Waals surface area contributed by atoms with E-state index >= 15 is 0 Å². The molecule has 7 nitrogen and oxygen atoms in total. The van der Waals surface area contributed by atoms with Crippen LogP contribution in [0.1, 0.15) is 22.3 Å². The standard InChI is InChI=1S/C21H21NO6/c1-24-20-18-12(4-17-19(20)28-11-27-17)2-3-22-8-14-6-16-15(25-10-26-16)5-13(14)7-21(18,22)9-23/h4-6,23H,2-3,7-11H2,1H3/t21-/m0/s1. The van der Waals surface area contributed by atoms with Gasteiger partial charge in [-0.1, -0.05) is 0 Å². The van der Waals surface area contributed by atoms with E-state index in [9.17, 15) is 5.11 Å². The summed E-state index contributed by atoms with van der Waals surface area (Å²) in [5.41, 5.74) is 3.98. The number of ether oxygens (including phenoxy) is 5. The molecule has 0 aromatic heterocycles. The minimum absolute atomic E-state index is 0.0100. The normalized spacial score (nSPS) is 23.8. The smallest absolute Gasteiger partial charge is 0.231 e. The van der Waals surface area contributed by atoms with Crippen molar-refractivity contribution in [2.75, 3.05) is 33.8 Å². The highest BCUT2D eigenvalue weighted by molar-refractivity contribution is 5.64. The molecule has 4 aliphatic rings. The number of methoxy groups -OCH3 is 1. The number of aliphatic hydroxyl groups excluding tert-OH is 1. The minimum atomic E-state index is -0.569. The van der Waals surface area contributed by atoms with E-state index in [1.165, 1.54) is 11.1 Å². The Morgan fingerprint density at radius 1 is 1.00 bits per heavy atom. The van der Waals surface area contributed by atoms with Gasteiger partial charge in [-0.15, -0.1) is 0 Å². The van der Waals surface area contributed by atoms with Gasteiger partial charge in [-0.2, -0.15) is 0 Å². The molecule has 0 saturated carbocycles. The zero-order valence-electron chi connectivity index (χ0n) is 15.6.